The molecule has 0 unspecified atom stereocenters. The van der Waals surface area contributed by atoms with Gasteiger partial charge in [-0.1, -0.05) is 57.5 Å². The van der Waals surface area contributed by atoms with Gasteiger partial charge in [-0.05, 0) is 62.7 Å². The Hall–Kier alpha value is -3.13. The smallest absolute Gasteiger partial charge is 0.306 e. The molecule has 0 N–H and O–H groups in total. The lowest BCUT2D eigenvalue weighted by atomic mass is 9.79. The van der Waals surface area contributed by atoms with E-state index in [4.69, 9.17) is 29.3 Å². The van der Waals surface area contributed by atoms with Gasteiger partial charge in [0.2, 0.25) is 0 Å². The van der Waals surface area contributed by atoms with Gasteiger partial charge in [0, 0.05) is 76.2 Å². The molecule has 0 atom stereocenters. The fourth-order valence-electron chi connectivity index (χ4n) is 6.22. The first-order chi connectivity index (χ1) is 22.9. The van der Waals surface area contributed by atoms with Crippen molar-refractivity contribution in [1.29, 1.82) is 0 Å². The van der Waals surface area contributed by atoms with Gasteiger partial charge in [0.1, 0.15) is 19.3 Å². The number of nitrogens with zero attached hydrogens (tertiary/aromatic N) is 5. The van der Waals surface area contributed by atoms with E-state index in [0.29, 0.717) is 32.4 Å². The first-order valence-electron chi connectivity index (χ1n) is 17.7. The number of para-hydroxylation sites is 1. The summed E-state index contributed by atoms with van der Waals surface area (Å²) >= 11 is 0. The SMILES string of the molecule is CCOC(=O)CC1CCC(c2cc(N(COCC[Si](C)(C)C)COCC[Si](C)(C)C)n3ncc(-c4cnc5ccccc5c4)c3n2)CC1. The van der Waals surface area contributed by atoms with Crippen LogP contribution in [0.3, 0.4) is 0 Å². The van der Waals surface area contributed by atoms with Gasteiger partial charge in [-0.3, -0.25) is 9.78 Å². The average Bonchev–Trinajstić information content (AvgIpc) is 3.47. The molecule has 1 aliphatic carbocycles. The van der Waals surface area contributed by atoms with Crippen molar-refractivity contribution in [3.05, 3.63) is 54.5 Å². The number of anilines is 1. The molecule has 0 amide bonds. The Morgan fingerprint density at radius 1 is 0.917 bits per heavy atom. The van der Waals surface area contributed by atoms with Crippen LogP contribution < -0.4 is 4.90 Å². The third kappa shape index (κ3) is 9.96. The molecule has 0 aliphatic heterocycles. The average molecular weight is 690 g/mol. The zero-order valence-electron chi connectivity index (χ0n) is 30.1. The number of pyridine rings is 1. The van der Waals surface area contributed by atoms with Crippen LogP contribution in [0.2, 0.25) is 51.4 Å². The number of benzene rings is 1. The lowest BCUT2D eigenvalue weighted by molar-refractivity contribution is -0.144. The Morgan fingerprint density at radius 3 is 2.23 bits per heavy atom. The summed E-state index contributed by atoms with van der Waals surface area (Å²) in [5, 5.41) is 6.00. The van der Waals surface area contributed by atoms with Crippen LogP contribution in [0, 0.1) is 5.92 Å². The van der Waals surface area contributed by atoms with E-state index < -0.39 is 16.1 Å². The summed E-state index contributed by atoms with van der Waals surface area (Å²) in [5.74, 6) is 1.47. The van der Waals surface area contributed by atoms with E-state index in [2.05, 4.69) is 62.4 Å². The molecule has 0 radical (unpaired) electrons. The molecule has 5 rings (SSSR count). The van der Waals surface area contributed by atoms with E-state index in [1.165, 1.54) is 0 Å². The molecule has 11 heteroatoms. The highest BCUT2D eigenvalue weighted by atomic mass is 28.3. The van der Waals surface area contributed by atoms with Gasteiger partial charge in [0.15, 0.2) is 5.65 Å². The van der Waals surface area contributed by atoms with Crippen LogP contribution >= 0.6 is 0 Å². The van der Waals surface area contributed by atoms with Crippen molar-refractivity contribution in [3.8, 4) is 11.1 Å². The molecular formula is C37H55N5O4Si2. The van der Waals surface area contributed by atoms with Crippen molar-refractivity contribution in [1.82, 2.24) is 19.6 Å². The minimum atomic E-state index is -1.24. The Labute approximate surface area is 288 Å². The summed E-state index contributed by atoms with van der Waals surface area (Å²) < 4.78 is 19.9. The van der Waals surface area contributed by atoms with Crippen molar-refractivity contribution in [2.24, 2.45) is 5.92 Å². The zero-order chi connectivity index (χ0) is 34.3. The van der Waals surface area contributed by atoms with E-state index in [-0.39, 0.29) is 11.9 Å². The summed E-state index contributed by atoms with van der Waals surface area (Å²) in [6.07, 6.45) is 8.25. The maximum Gasteiger partial charge on any atom is 0.306 e. The number of fused-ring (bicyclic) bond motifs is 2. The van der Waals surface area contributed by atoms with Crippen LogP contribution in [-0.4, -0.2) is 75.0 Å². The predicted molar refractivity (Wildman–Crippen MR) is 200 cm³/mol. The third-order valence-corrected chi connectivity index (χ3v) is 12.6. The summed E-state index contributed by atoms with van der Waals surface area (Å²) in [7, 11) is -2.49. The second-order valence-corrected chi connectivity index (χ2v) is 27.0. The number of carbonyl (C=O) groups is 1. The minimum Gasteiger partial charge on any atom is -0.466 e. The van der Waals surface area contributed by atoms with E-state index in [1.807, 2.05) is 42.0 Å². The van der Waals surface area contributed by atoms with Crippen molar-refractivity contribution in [2.75, 3.05) is 38.2 Å². The molecule has 4 aromatic rings. The lowest BCUT2D eigenvalue weighted by Crippen LogP contribution is -2.33. The summed E-state index contributed by atoms with van der Waals surface area (Å²) in [4.78, 5) is 24.4. The van der Waals surface area contributed by atoms with Crippen molar-refractivity contribution >= 4 is 44.5 Å². The van der Waals surface area contributed by atoms with E-state index in [0.717, 1.165) is 90.2 Å². The molecule has 1 saturated carbocycles. The van der Waals surface area contributed by atoms with Crippen molar-refractivity contribution in [3.63, 3.8) is 0 Å². The highest BCUT2D eigenvalue weighted by molar-refractivity contribution is 6.76. The van der Waals surface area contributed by atoms with Crippen LogP contribution in [0.15, 0.2) is 48.8 Å². The Bertz CT molecular complexity index is 1640. The first-order valence-corrected chi connectivity index (χ1v) is 25.1. The number of ether oxygens (including phenoxy) is 3. The number of hydrogen-bond donors (Lipinski definition) is 0. The van der Waals surface area contributed by atoms with Gasteiger partial charge in [-0.15, -0.1) is 0 Å². The monoisotopic (exact) mass is 689 g/mol. The summed E-state index contributed by atoms with van der Waals surface area (Å²) in [5.41, 5.74) is 4.76. The second-order valence-electron chi connectivity index (χ2n) is 15.7. The summed E-state index contributed by atoms with van der Waals surface area (Å²) in [6.45, 7) is 18.8. The third-order valence-electron chi connectivity index (χ3n) is 9.21. The molecule has 9 nitrogen and oxygen atoms in total. The first kappa shape index (κ1) is 36.2. The second kappa shape index (κ2) is 16.1. The molecule has 1 aromatic carbocycles. The fourth-order valence-corrected chi connectivity index (χ4v) is 7.73. The highest BCUT2D eigenvalue weighted by Crippen LogP contribution is 2.39. The maximum atomic E-state index is 12.2. The van der Waals surface area contributed by atoms with Crippen LogP contribution in [0.25, 0.3) is 27.7 Å². The topological polar surface area (TPSA) is 91.1 Å². The van der Waals surface area contributed by atoms with E-state index in [9.17, 15) is 4.79 Å². The van der Waals surface area contributed by atoms with Crippen LogP contribution in [0.5, 0.6) is 0 Å². The highest BCUT2D eigenvalue weighted by Gasteiger charge is 2.28. The number of hydrogen-bond acceptors (Lipinski definition) is 8. The van der Waals surface area contributed by atoms with Gasteiger partial charge in [0.05, 0.1) is 18.3 Å². The quantitative estimate of drug-likeness (QED) is 0.0500. The number of aromatic nitrogens is 4. The predicted octanol–water partition coefficient (Wildman–Crippen LogP) is 8.60. The van der Waals surface area contributed by atoms with Crippen LogP contribution in [-0.2, 0) is 19.0 Å². The van der Waals surface area contributed by atoms with Gasteiger partial charge < -0.3 is 19.1 Å². The zero-order valence-corrected chi connectivity index (χ0v) is 32.1. The molecular weight excluding hydrogens is 635 g/mol. The molecule has 260 valence electrons. The largest absolute Gasteiger partial charge is 0.466 e. The number of esters is 1. The van der Waals surface area contributed by atoms with Gasteiger partial charge >= 0.3 is 5.97 Å². The maximum absolute atomic E-state index is 12.2. The van der Waals surface area contributed by atoms with Gasteiger partial charge in [0.25, 0.3) is 0 Å². The van der Waals surface area contributed by atoms with Crippen LogP contribution in [0.1, 0.15) is 50.6 Å². The van der Waals surface area contributed by atoms with E-state index in [1.54, 1.807) is 0 Å². The molecule has 1 aliphatic rings. The molecule has 3 heterocycles. The number of carbonyl (C=O) groups excluding carboxylic acids is 1. The minimum absolute atomic E-state index is 0.0884. The molecule has 3 aromatic heterocycles. The van der Waals surface area contributed by atoms with Crippen LogP contribution in [0.4, 0.5) is 5.82 Å². The number of rotatable bonds is 16. The van der Waals surface area contributed by atoms with E-state index >= 15 is 0 Å². The molecule has 0 bridgehead atoms. The lowest BCUT2D eigenvalue weighted by Gasteiger charge is -2.30. The normalized spacial score (nSPS) is 17.2. The Morgan fingerprint density at radius 2 is 1.58 bits per heavy atom. The molecule has 0 saturated heterocycles. The summed E-state index contributed by atoms with van der Waals surface area (Å²) in [6, 6.07) is 14.7. The fraction of sp³-hybridized carbons (Fsp3) is 0.568. The molecule has 48 heavy (non-hydrogen) atoms. The standard InChI is InChI=1S/C37H55N5O4Si2/c1-8-46-36(43)21-28-13-15-29(16-14-28)34-23-35(41(26-44-17-19-47(2,3)4)27-45-18-20-48(5,6)7)42-37(40-34)32(25-39-42)31-22-30-11-9-10-12-33(30)38-24-31/h9-12,22-25,28-29H,8,13-21,26-27H2,1-7H3. The van der Waals surface area contributed by atoms with Crippen molar-refractivity contribution < 1.29 is 19.0 Å². The molecule has 1 fully saturated rings. The Kier molecular flexibility index (Phi) is 12.1. The van der Waals surface area contributed by atoms with Gasteiger partial charge in [-0.25, -0.2) is 4.98 Å². The van der Waals surface area contributed by atoms with Gasteiger partial charge in [-0.2, -0.15) is 9.61 Å². The molecule has 0 spiro atoms. The Balaban J connectivity index is 1.49. The van der Waals surface area contributed by atoms with Crippen molar-refractivity contribution in [2.45, 2.75) is 96.3 Å².